The van der Waals surface area contributed by atoms with Crippen LogP contribution in [0.3, 0.4) is 0 Å². The molecule has 0 radical (unpaired) electrons. The maximum absolute atomic E-state index is 12.3. The smallest absolute Gasteiger partial charge is 0.223 e. The summed E-state index contributed by atoms with van der Waals surface area (Å²) in [5.74, 6) is 0.237. The van der Waals surface area contributed by atoms with Crippen LogP contribution in [-0.4, -0.2) is 17.4 Å². The summed E-state index contributed by atoms with van der Waals surface area (Å²) in [6.07, 6.45) is 2.30. The number of nitrogens with zero attached hydrogens (tertiary/aromatic N) is 1. The number of carbonyl (C=O) groups is 1. The van der Waals surface area contributed by atoms with Crippen LogP contribution < -0.4 is 5.73 Å². The van der Waals surface area contributed by atoms with E-state index in [2.05, 4.69) is 18.2 Å². The molecule has 108 valence electrons. The van der Waals surface area contributed by atoms with E-state index in [0.717, 1.165) is 37.2 Å². The molecular formula is C18H20N2O. The standard InChI is InChI=1S/C18H20N2O/c19-17-8-5-14(6-9-17)7-10-18(21)20-12-11-15-3-1-2-4-16(15)13-20/h1-6,8-9H,7,10-13,19H2. The molecule has 3 heteroatoms. The lowest BCUT2D eigenvalue weighted by Gasteiger charge is -2.29. The fourth-order valence-electron chi connectivity index (χ4n) is 2.80. The van der Waals surface area contributed by atoms with Gasteiger partial charge in [0, 0.05) is 25.2 Å². The number of hydrogen-bond acceptors (Lipinski definition) is 2. The Kier molecular flexibility index (Phi) is 3.91. The minimum absolute atomic E-state index is 0.237. The highest BCUT2D eigenvalue weighted by atomic mass is 16.2. The Labute approximate surface area is 125 Å². The van der Waals surface area contributed by atoms with E-state index in [9.17, 15) is 4.79 Å². The van der Waals surface area contributed by atoms with Crippen molar-refractivity contribution in [1.29, 1.82) is 0 Å². The summed E-state index contributed by atoms with van der Waals surface area (Å²) in [4.78, 5) is 14.3. The molecule has 2 N–H and O–H groups in total. The molecule has 0 saturated carbocycles. The molecule has 0 saturated heterocycles. The number of benzene rings is 2. The Bertz CT molecular complexity index is 634. The lowest BCUT2D eigenvalue weighted by molar-refractivity contribution is -0.132. The number of nitrogens with two attached hydrogens (primary N) is 1. The fourth-order valence-corrected chi connectivity index (χ4v) is 2.80. The lowest BCUT2D eigenvalue weighted by Crippen LogP contribution is -2.36. The van der Waals surface area contributed by atoms with Gasteiger partial charge in [-0.05, 0) is 41.7 Å². The monoisotopic (exact) mass is 280 g/mol. The molecule has 3 nitrogen and oxygen atoms in total. The van der Waals surface area contributed by atoms with Gasteiger partial charge in [-0.25, -0.2) is 0 Å². The van der Waals surface area contributed by atoms with Crippen molar-refractivity contribution in [2.45, 2.75) is 25.8 Å². The summed E-state index contributed by atoms with van der Waals surface area (Å²) < 4.78 is 0. The van der Waals surface area contributed by atoms with Gasteiger partial charge in [-0.1, -0.05) is 36.4 Å². The zero-order valence-corrected chi connectivity index (χ0v) is 12.1. The molecule has 0 unspecified atom stereocenters. The van der Waals surface area contributed by atoms with Crippen LogP contribution in [-0.2, 0) is 24.2 Å². The molecule has 1 aliphatic heterocycles. The van der Waals surface area contributed by atoms with Crippen LogP contribution in [0.5, 0.6) is 0 Å². The highest BCUT2D eigenvalue weighted by Gasteiger charge is 2.19. The zero-order valence-electron chi connectivity index (χ0n) is 12.1. The number of amides is 1. The molecule has 0 bridgehead atoms. The summed E-state index contributed by atoms with van der Waals surface area (Å²) in [6, 6.07) is 16.1. The maximum atomic E-state index is 12.3. The van der Waals surface area contributed by atoms with Crippen LogP contribution >= 0.6 is 0 Å². The maximum Gasteiger partial charge on any atom is 0.223 e. The van der Waals surface area contributed by atoms with Gasteiger partial charge < -0.3 is 10.6 Å². The highest BCUT2D eigenvalue weighted by Crippen LogP contribution is 2.19. The van der Waals surface area contributed by atoms with Gasteiger partial charge in [-0.15, -0.1) is 0 Å². The van der Waals surface area contributed by atoms with Crippen molar-refractivity contribution in [2.75, 3.05) is 12.3 Å². The number of fused-ring (bicyclic) bond motifs is 1. The average Bonchev–Trinajstić information content (AvgIpc) is 2.53. The Hall–Kier alpha value is -2.29. The van der Waals surface area contributed by atoms with Crippen LogP contribution in [0.15, 0.2) is 48.5 Å². The van der Waals surface area contributed by atoms with Crippen LogP contribution in [0.25, 0.3) is 0 Å². The van der Waals surface area contributed by atoms with E-state index in [0.29, 0.717) is 6.42 Å². The van der Waals surface area contributed by atoms with Gasteiger partial charge in [0.25, 0.3) is 0 Å². The molecule has 0 spiro atoms. The van der Waals surface area contributed by atoms with Gasteiger partial charge in [-0.2, -0.15) is 0 Å². The van der Waals surface area contributed by atoms with Crippen LogP contribution in [0.2, 0.25) is 0 Å². The number of aryl methyl sites for hydroxylation is 1. The van der Waals surface area contributed by atoms with E-state index in [1.54, 1.807) is 0 Å². The van der Waals surface area contributed by atoms with Gasteiger partial charge in [0.2, 0.25) is 5.91 Å². The van der Waals surface area contributed by atoms with Crippen molar-refractivity contribution >= 4 is 11.6 Å². The number of rotatable bonds is 3. The molecule has 1 amide bonds. The van der Waals surface area contributed by atoms with Crippen molar-refractivity contribution in [2.24, 2.45) is 0 Å². The molecule has 0 aliphatic carbocycles. The minimum atomic E-state index is 0.237. The predicted molar refractivity (Wildman–Crippen MR) is 84.7 cm³/mol. The lowest BCUT2D eigenvalue weighted by atomic mass is 9.99. The molecule has 0 fully saturated rings. The molecule has 0 atom stereocenters. The fraction of sp³-hybridized carbons (Fsp3) is 0.278. The molecule has 3 rings (SSSR count). The van der Waals surface area contributed by atoms with Crippen molar-refractivity contribution in [3.8, 4) is 0 Å². The number of carbonyl (C=O) groups excluding carboxylic acids is 1. The zero-order chi connectivity index (χ0) is 14.7. The second kappa shape index (κ2) is 6.00. The third-order valence-corrected chi connectivity index (χ3v) is 4.09. The van der Waals surface area contributed by atoms with Gasteiger partial charge in [-0.3, -0.25) is 4.79 Å². The molecule has 1 heterocycles. The number of anilines is 1. The minimum Gasteiger partial charge on any atom is -0.399 e. The first kappa shape index (κ1) is 13.7. The summed E-state index contributed by atoms with van der Waals surface area (Å²) in [6.45, 7) is 1.58. The van der Waals surface area contributed by atoms with Crippen molar-refractivity contribution in [3.05, 3.63) is 65.2 Å². The second-order valence-corrected chi connectivity index (χ2v) is 5.58. The van der Waals surface area contributed by atoms with Crippen LogP contribution in [0.1, 0.15) is 23.1 Å². The first-order valence-corrected chi connectivity index (χ1v) is 7.41. The molecule has 2 aromatic carbocycles. The Morgan fingerprint density at radius 3 is 2.52 bits per heavy atom. The van der Waals surface area contributed by atoms with Crippen LogP contribution in [0, 0.1) is 0 Å². The van der Waals surface area contributed by atoms with E-state index < -0.39 is 0 Å². The summed E-state index contributed by atoms with van der Waals surface area (Å²) in [5, 5.41) is 0. The van der Waals surface area contributed by atoms with Gasteiger partial charge in [0.15, 0.2) is 0 Å². The molecule has 2 aromatic rings. The predicted octanol–water partition coefficient (Wildman–Crippen LogP) is 2.79. The van der Waals surface area contributed by atoms with Crippen molar-refractivity contribution in [1.82, 2.24) is 4.90 Å². The van der Waals surface area contributed by atoms with E-state index in [1.807, 2.05) is 35.2 Å². The number of hydrogen-bond donors (Lipinski definition) is 1. The second-order valence-electron chi connectivity index (χ2n) is 5.58. The quantitative estimate of drug-likeness (QED) is 0.879. The average molecular weight is 280 g/mol. The van der Waals surface area contributed by atoms with Gasteiger partial charge in [0.05, 0.1) is 0 Å². The summed E-state index contributed by atoms with van der Waals surface area (Å²) in [5.41, 5.74) is 10.3. The molecular weight excluding hydrogens is 260 g/mol. The third kappa shape index (κ3) is 3.24. The van der Waals surface area contributed by atoms with Gasteiger partial charge >= 0.3 is 0 Å². The Morgan fingerprint density at radius 2 is 1.76 bits per heavy atom. The molecule has 21 heavy (non-hydrogen) atoms. The molecule has 1 aliphatic rings. The van der Waals surface area contributed by atoms with Crippen LogP contribution in [0.4, 0.5) is 5.69 Å². The Morgan fingerprint density at radius 1 is 1.05 bits per heavy atom. The van der Waals surface area contributed by atoms with E-state index in [4.69, 9.17) is 5.73 Å². The third-order valence-electron chi connectivity index (χ3n) is 4.09. The first-order chi connectivity index (χ1) is 10.2. The summed E-state index contributed by atoms with van der Waals surface area (Å²) in [7, 11) is 0. The summed E-state index contributed by atoms with van der Waals surface area (Å²) >= 11 is 0. The van der Waals surface area contributed by atoms with Gasteiger partial charge in [0.1, 0.15) is 0 Å². The van der Waals surface area contributed by atoms with E-state index in [1.165, 1.54) is 11.1 Å². The largest absolute Gasteiger partial charge is 0.399 e. The highest BCUT2D eigenvalue weighted by molar-refractivity contribution is 5.76. The van der Waals surface area contributed by atoms with Crippen molar-refractivity contribution in [3.63, 3.8) is 0 Å². The topological polar surface area (TPSA) is 46.3 Å². The van der Waals surface area contributed by atoms with Crippen molar-refractivity contribution < 1.29 is 4.79 Å². The molecule has 0 aromatic heterocycles. The SMILES string of the molecule is Nc1ccc(CCC(=O)N2CCc3ccccc3C2)cc1. The Balaban J connectivity index is 1.58. The number of nitrogen functional groups attached to an aromatic ring is 1. The van der Waals surface area contributed by atoms with E-state index >= 15 is 0 Å². The normalized spacial score (nSPS) is 13.8. The van der Waals surface area contributed by atoms with E-state index in [-0.39, 0.29) is 5.91 Å². The first-order valence-electron chi connectivity index (χ1n) is 7.41.